The average molecular weight is 286 g/mol. The Balaban J connectivity index is 2.90. The van der Waals surface area contributed by atoms with Gasteiger partial charge in [0.2, 0.25) is 0 Å². The largest absolute Gasteiger partial charge is 0.308 e. The van der Waals surface area contributed by atoms with Gasteiger partial charge in [0.1, 0.15) is 0 Å². The number of rotatable bonds is 4. The highest BCUT2D eigenvalue weighted by molar-refractivity contribution is 9.10. The summed E-state index contributed by atoms with van der Waals surface area (Å²) in [6.07, 6.45) is 0. The standard InChI is InChI=1S/C11H14BrN2O2/c1-11(2,3)13-7-8-5-4-6-9(10(8)12)14(15)16/h4-6,13H,1,7H2,2-3H3. The van der Waals surface area contributed by atoms with Crippen LogP contribution in [0.4, 0.5) is 5.69 Å². The number of benzene rings is 1. The summed E-state index contributed by atoms with van der Waals surface area (Å²) in [6, 6.07) is 4.99. The molecule has 1 rings (SSSR count). The van der Waals surface area contributed by atoms with E-state index in [1.165, 1.54) is 6.07 Å². The molecule has 0 amide bonds. The molecule has 4 nitrogen and oxygen atoms in total. The summed E-state index contributed by atoms with van der Waals surface area (Å²) in [5, 5.41) is 13.9. The van der Waals surface area contributed by atoms with Gasteiger partial charge in [-0.05, 0) is 42.3 Å². The van der Waals surface area contributed by atoms with Crippen LogP contribution in [-0.4, -0.2) is 10.5 Å². The van der Waals surface area contributed by atoms with Gasteiger partial charge < -0.3 is 5.32 Å². The first kappa shape index (κ1) is 13.1. The predicted molar refractivity (Wildman–Crippen MR) is 67.1 cm³/mol. The molecule has 0 aromatic heterocycles. The average Bonchev–Trinajstić information content (AvgIpc) is 2.14. The topological polar surface area (TPSA) is 55.2 Å². The zero-order chi connectivity index (χ0) is 12.3. The van der Waals surface area contributed by atoms with Crippen molar-refractivity contribution in [3.8, 4) is 0 Å². The van der Waals surface area contributed by atoms with Crippen LogP contribution in [0.3, 0.4) is 0 Å². The van der Waals surface area contributed by atoms with E-state index in [1.807, 2.05) is 19.9 Å². The maximum absolute atomic E-state index is 10.7. The van der Waals surface area contributed by atoms with Crippen molar-refractivity contribution in [2.75, 3.05) is 0 Å². The Bertz CT molecular complexity index is 399. The third-order valence-electron chi connectivity index (χ3n) is 2.01. The molecule has 0 spiro atoms. The maximum Gasteiger partial charge on any atom is 0.283 e. The van der Waals surface area contributed by atoms with Gasteiger partial charge in [0.25, 0.3) is 5.69 Å². The zero-order valence-corrected chi connectivity index (χ0v) is 10.9. The Morgan fingerprint density at radius 2 is 2.19 bits per heavy atom. The van der Waals surface area contributed by atoms with Crippen molar-refractivity contribution in [1.29, 1.82) is 0 Å². The molecule has 0 aliphatic heterocycles. The summed E-state index contributed by atoms with van der Waals surface area (Å²) in [7, 11) is 0. The molecular weight excluding hydrogens is 272 g/mol. The second-order valence-corrected chi connectivity index (χ2v) is 5.04. The number of nitro benzene ring substituents is 1. The summed E-state index contributed by atoms with van der Waals surface area (Å²) in [5.74, 6) is 0. The van der Waals surface area contributed by atoms with Crippen LogP contribution >= 0.6 is 15.9 Å². The lowest BCUT2D eigenvalue weighted by Gasteiger charge is -2.20. The molecule has 1 radical (unpaired) electrons. The van der Waals surface area contributed by atoms with Gasteiger partial charge in [-0.3, -0.25) is 10.1 Å². The second-order valence-electron chi connectivity index (χ2n) is 4.24. The Morgan fingerprint density at radius 1 is 1.56 bits per heavy atom. The van der Waals surface area contributed by atoms with Crippen molar-refractivity contribution in [1.82, 2.24) is 5.32 Å². The molecule has 0 atom stereocenters. The van der Waals surface area contributed by atoms with Crippen LogP contribution in [0.15, 0.2) is 22.7 Å². The first-order chi connectivity index (χ1) is 7.31. The summed E-state index contributed by atoms with van der Waals surface area (Å²) in [6.45, 7) is 8.34. The Labute approximate surface area is 103 Å². The number of nitro groups is 1. The Morgan fingerprint density at radius 3 is 2.69 bits per heavy atom. The first-order valence-corrected chi connectivity index (χ1v) is 5.63. The molecule has 1 N–H and O–H groups in total. The lowest BCUT2D eigenvalue weighted by atomic mass is 10.1. The third-order valence-corrected chi connectivity index (χ3v) is 2.93. The van der Waals surface area contributed by atoms with Gasteiger partial charge in [0.15, 0.2) is 0 Å². The molecule has 5 heteroatoms. The normalized spacial score (nSPS) is 11.5. The van der Waals surface area contributed by atoms with Gasteiger partial charge in [-0.1, -0.05) is 12.1 Å². The highest BCUT2D eigenvalue weighted by Gasteiger charge is 2.16. The van der Waals surface area contributed by atoms with Crippen LogP contribution in [0.1, 0.15) is 19.4 Å². The second kappa shape index (κ2) is 4.93. The van der Waals surface area contributed by atoms with Crippen molar-refractivity contribution in [2.24, 2.45) is 0 Å². The van der Waals surface area contributed by atoms with Crippen LogP contribution in [0.5, 0.6) is 0 Å². The molecule has 0 unspecified atom stereocenters. The number of nitrogens with one attached hydrogen (secondary N) is 1. The molecule has 1 aromatic carbocycles. The lowest BCUT2D eigenvalue weighted by Crippen LogP contribution is -2.35. The molecule has 0 bridgehead atoms. The number of hydrogen-bond donors (Lipinski definition) is 1. The van der Waals surface area contributed by atoms with E-state index in [0.717, 1.165) is 5.56 Å². The van der Waals surface area contributed by atoms with E-state index >= 15 is 0 Å². The molecule has 0 aliphatic rings. The number of nitrogens with zero attached hydrogens (tertiary/aromatic N) is 1. The van der Waals surface area contributed by atoms with Crippen molar-refractivity contribution >= 4 is 21.6 Å². The molecule has 0 saturated heterocycles. The van der Waals surface area contributed by atoms with Crippen LogP contribution in [-0.2, 0) is 6.54 Å². The quantitative estimate of drug-likeness (QED) is 0.683. The van der Waals surface area contributed by atoms with Gasteiger partial charge >= 0.3 is 0 Å². The molecule has 1 aromatic rings. The predicted octanol–water partition coefficient (Wildman–Crippen LogP) is 3.06. The van der Waals surface area contributed by atoms with Crippen LogP contribution in [0.25, 0.3) is 0 Å². The van der Waals surface area contributed by atoms with E-state index in [0.29, 0.717) is 11.0 Å². The Hall–Kier alpha value is -0.940. The maximum atomic E-state index is 10.7. The molecule has 0 aliphatic carbocycles. The first-order valence-electron chi connectivity index (χ1n) is 4.83. The smallest absolute Gasteiger partial charge is 0.283 e. The summed E-state index contributed by atoms with van der Waals surface area (Å²) < 4.78 is 0.525. The Kier molecular flexibility index (Phi) is 4.04. The van der Waals surface area contributed by atoms with Crippen molar-refractivity contribution in [3.05, 3.63) is 45.3 Å². The van der Waals surface area contributed by atoms with E-state index < -0.39 is 4.92 Å². The van der Waals surface area contributed by atoms with E-state index in [-0.39, 0.29) is 11.2 Å². The highest BCUT2D eigenvalue weighted by atomic mass is 79.9. The van der Waals surface area contributed by atoms with E-state index in [9.17, 15) is 10.1 Å². The van der Waals surface area contributed by atoms with Crippen LogP contribution < -0.4 is 5.32 Å². The highest BCUT2D eigenvalue weighted by Crippen LogP contribution is 2.28. The SMILES string of the molecule is [CH2]C(C)(C)NCc1cccc([N+](=O)[O-])c1Br. The fraction of sp³-hybridized carbons (Fsp3) is 0.364. The molecule has 0 fully saturated rings. The molecule has 0 heterocycles. The lowest BCUT2D eigenvalue weighted by molar-refractivity contribution is -0.385. The van der Waals surface area contributed by atoms with Crippen LogP contribution in [0.2, 0.25) is 0 Å². The van der Waals surface area contributed by atoms with E-state index in [2.05, 4.69) is 28.2 Å². The third kappa shape index (κ3) is 3.57. The monoisotopic (exact) mass is 285 g/mol. The van der Waals surface area contributed by atoms with Gasteiger partial charge in [-0.15, -0.1) is 0 Å². The summed E-state index contributed by atoms with van der Waals surface area (Å²) in [4.78, 5) is 10.3. The minimum absolute atomic E-state index is 0.0844. The van der Waals surface area contributed by atoms with Crippen molar-refractivity contribution in [2.45, 2.75) is 25.9 Å². The van der Waals surface area contributed by atoms with Gasteiger partial charge in [0.05, 0.1) is 9.40 Å². The van der Waals surface area contributed by atoms with Gasteiger partial charge in [-0.25, -0.2) is 0 Å². The minimum Gasteiger partial charge on any atom is -0.308 e. The number of halogens is 1. The van der Waals surface area contributed by atoms with Crippen LogP contribution in [0, 0.1) is 17.0 Å². The van der Waals surface area contributed by atoms with Crippen molar-refractivity contribution in [3.63, 3.8) is 0 Å². The minimum atomic E-state index is -0.400. The molecule has 0 saturated carbocycles. The van der Waals surface area contributed by atoms with E-state index in [1.54, 1.807) is 6.07 Å². The van der Waals surface area contributed by atoms with Gasteiger partial charge in [0, 0.05) is 18.2 Å². The fourth-order valence-corrected chi connectivity index (χ4v) is 1.73. The molecular formula is C11H14BrN2O2. The summed E-state index contributed by atoms with van der Waals surface area (Å²) >= 11 is 3.25. The van der Waals surface area contributed by atoms with Crippen molar-refractivity contribution < 1.29 is 4.92 Å². The molecule has 87 valence electrons. The van der Waals surface area contributed by atoms with E-state index in [4.69, 9.17) is 0 Å². The molecule has 16 heavy (non-hydrogen) atoms. The summed E-state index contributed by atoms with van der Waals surface area (Å²) in [5.41, 5.74) is 0.677. The number of hydrogen-bond acceptors (Lipinski definition) is 3. The van der Waals surface area contributed by atoms with Gasteiger partial charge in [-0.2, -0.15) is 0 Å². The zero-order valence-electron chi connectivity index (χ0n) is 9.29. The fourth-order valence-electron chi connectivity index (χ4n) is 1.18.